The van der Waals surface area contributed by atoms with Crippen molar-refractivity contribution in [2.24, 2.45) is 0 Å². The van der Waals surface area contributed by atoms with Gasteiger partial charge in [0.15, 0.2) is 0 Å². The average Bonchev–Trinajstić information content (AvgIpc) is 3.23. The van der Waals surface area contributed by atoms with E-state index in [1.807, 2.05) is 18.2 Å². The number of nitrogens with one attached hydrogen (secondary N) is 1. The van der Waals surface area contributed by atoms with Gasteiger partial charge in [-0.3, -0.25) is 10.1 Å². The lowest BCUT2D eigenvalue weighted by atomic mass is 10.1. The normalized spacial score (nSPS) is 11.2. The molecule has 0 atom stereocenters. The molecule has 0 unspecified atom stereocenters. The lowest BCUT2D eigenvalue weighted by Gasteiger charge is -2.02. The van der Waals surface area contributed by atoms with Crippen molar-refractivity contribution in [3.63, 3.8) is 0 Å². The molecule has 4 aromatic rings. The SMILES string of the molecule is N#C/C(=C\Nc1ccccc1[N+](=O)[O-])c1nc(-c2cc3ccccc3oc2=O)cs1. The maximum atomic E-state index is 12.3. The van der Waals surface area contributed by atoms with E-state index >= 15 is 0 Å². The van der Waals surface area contributed by atoms with Gasteiger partial charge in [0.1, 0.15) is 27.9 Å². The van der Waals surface area contributed by atoms with E-state index in [0.717, 1.165) is 5.39 Å². The zero-order valence-corrected chi connectivity index (χ0v) is 16.1. The van der Waals surface area contributed by atoms with Crippen LogP contribution in [0.15, 0.2) is 75.4 Å². The average molecular weight is 416 g/mol. The van der Waals surface area contributed by atoms with Crippen LogP contribution in [-0.4, -0.2) is 9.91 Å². The molecule has 9 heteroatoms. The second-order valence-corrected chi connectivity index (χ2v) is 6.97. The van der Waals surface area contributed by atoms with E-state index in [1.165, 1.54) is 29.7 Å². The number of thiazole rings is 1. The van der Waals surface area contributed by atoms with E-state index in [0.29, 0.717) is 21.8 Å². The molecule has 0 spiro atoms. The molecule has 2 aromatic heterocycles. The van der Waals surface area contributed by atoms with Crippen molar-refractivity contribution in [3.05, 3.63) is 91.7 Å². The van der Waals surface area contributed by atoms with Crippen LogP contribution >= 0.6 is 11.3 Å². The van der Waals surface area contributed by atoms with Crippen LogP contribution in [0.4, 0.5) is 11.4 Å². The Morgan fingerprint density at radius 2 is 2.00 bits per heavy atom. The lowest BCUT2D eigenvalue weighted by Crippen LogP contribution is -2.03. The molecule has 0 bridgehead atoms. The number of fused-ring (bicyclic) bond motifs is 1. The number of rotatable bonds is 5. The van der Waals surface area contributed by atoms with E-state index in [-0.39, 0.29) is 16.9 Å². The van der Waals surface area contributed by atoms with E-state index in [2.05, 4.69) is 10.3 Å². The molecule has 0 aliphatic rings. The molecule has 2 aromatic carbocycles. The summed E-state index contributed by atoms with van der Waals surface area (Å²) >= 11 is 1.18. The summed E-state index contributed by atoms with van der Waals surface area (Å²) in [6.45, 7) is 0. The van der Waals surface area contributed by atoms with Crippen LogP contribution in [0.1, 0.15) is 5.01 Å². The van der Waals surface area contributed by atoms with Crippen molar-refractivity contribution in [2.45, 2.75) is 0 Å². The summed E-state index contributed by atoms with van der Waals surface area (Å²) in [6, 6.07) is 17.0. The van der Waals surface area contributed by atoms with Gasteiger partial charge >= 0.3 is 5.63 Å². The Balaban J connectivity index is 1.67. The maximum Gasteiger partial charge on any atom is 0.345 e. The van der Waals surface area contributed by atoms with Gasteiger partial charge in [-0.15, -0.1) is 11.3 Å². The fourth-order valence-corrected chi connectivity index (χ4v) is 3.59. The number of benzene rings is 2. The molecule has 1 N–H and O–H groups in total. The number of nitro groups is 1. The number of nitrogens with zero attached hydrogens (tertiary/aromatic N) is 3. The maximum absolute atomic E-state index is 12.3. The number of anilines is 1. The smallest absolute Gasteiger partial charge is 0.345 e. The van der Waals surface area contributed by atoms with Crippen LogP contribution in [0.25, 0.3) is 27.8 Å². The van der Waals surface area contributed by atoms with Gasteiger partial charge < -0.3 is 9.73 Å². The van der Waals surface area contributed by atoms with Crippen LogP contribution in [-0.2, 0) is 0 Å². The van der Waals surface area contributed by atoms with Crippen LogP contribution in [0.2, 0.25) is 0 Å². The number of hydrogen-bond donors (Lipinski definition) is 1. The fourth-order valence-electron chi connectivity index (χ4n) is 2.81. The second-order valence-electron chi connectivity index (χ2n) is 6.11. The summed E-state index contributed by atoms with van der Waals surface area (Å²) in [5.41, 5.74) is 0.956. The highest BCUT2D eigenvalue weighted by atomic mass is 32.1. The van der Waals surface area contributed by atoms with Crippen LogP contribution in [0.5, 0.6) is 0 Å². The first-order chi connectivity index (χ1) is 14.6. The molecule has 0 saturated heterocycles. The Kier molecular flexibility index (Phi) is 5.07. The zero-order chi connectivity index (χ0) is 21.1. The third-order valence-corrected chi connectivity index (χ3v) is 5.12. The third kappa shape index (κ3) is 3.67. The molecule has 2 heterocycles. The molecular formula is C21H12N4O4S. The van der Waals surface area contributed by atoms with Crippen molar-refractivity contribution in [3.8, 4) is 17.3 Å². The highest BCUT2D eigenvalue weighted by Crippen LogP contribution is 2.28. The van der Waals surface area contributed by atoms with Crippen molar-refractivity contribution < 1.29 is 9.34 Å². The summed E-state index contributed by atoms with van der Waals surface area (Å²) in [5.74, 6) is 0. The van der Waals surface area contributed by atoms with Crippen LogP contribution in [0.3, 0.4) is 0 Å². The number of nitriles is 1. The van der Waals surface area contributed by atoms with Gasteiger partial charge in [-0.05, 0) is 18.2 Å². The predicted octanol–water partition coefficient (Wildman–Crippen LogP) is 4.80. The topological polar surface area (TPSA) is 122 Å². The Morgan fingerprint density at radius 3 is 2.80 bits per heavy atom. The van der Waals surface area contributed by atoms with Crippen LogP contribution in [0, 0.1) is 21.4 Å². The molecule has 0 radical (unpaired) electrons. The Hall–Kier alpha value is -4.29. The minimum Gasteiger partial charge on any atom is -0.422 e. The molecule has 0 aliphatic carbocycles. The Labute approximate surface area is 173 Å². The van der Waals surface area contributed by atoms with Gasteiger partial charge in [-0.1, -0.05) is 30.3 Å². The van der Waals surface area contributed by atoms with Gasteiger partial charge in [0.25, 0.3) is 5.69 Å². The third-order valence-electron chi connectivity index (χ3n) is 4.25. The largest absolute Gasteiger partial charge is 0.422 e. The standard InChI is InChI=1S/C21H12N4O4S/c22-10-14(11-23-16-6-2-3-7-18(16)25(27)28)20-24-17(12-30-20)15-9-13-5-1-4-8-19(13)29-21(15)26/h1-9,11-12,23H/b14-11+. The van der Waals surface area contributed by atoms with E-state index < -0.39 is 10.5 Å². The molecule has 0 saturated carbocycles. The first-order valence-corrected chi connectivity index (χ1v) is 9.54. The molecule has 0 fully saturated rings. The monoisotopic (exact) mass is 416 g/mol. The molecule has 30 heavy (non-hydrogen) atoms. The number of allylic oxidation sites excluding steroid dienone is 1. The van der Waals surface area contributed by atoms with Gasteiger partial charge in [-0.2, -0.15) is 5.26 Å². The molecule has 146 valence electrons. The minimum absolute atomic E-state index is 0.111. The summed E-state index contributed by atoms with van der Waals surface area (Å²) < 4.78 is 5.34. The Morgan fingerprint density at radius 1 is 1.23 bits per heavy atom. The number of para-hydroxylation sites is 3. The molecule has 0 amide bonds. The van der Waals surface area contributed by atoms with Gasteiger partial charge in [0.2, 0.25) is 0 Å². The first kappa shape index (κ1) is 19.0. The van der Waals surface area contributed by atoms with Gasteiger partial charge in [0.05, 0.1) is 16.2 Å². The number of hydrogen-bond acceptors (Lipinski definition) is 8. The van der Waals surface area contributed by atoms with Gasteiger partial charge in [-0.25, -0.2) is 9.78 Å². The van der Waals surface area contributed by atoms with E-state index in [9.17, 15) is 20.2 Å². The highest BCUT2D eigenvalue weighted by Gasteiger charge is 2.15. The van der Waals surface area contributed by atoms with E-state index in [1.54, 1.807) is 35.7 Å². The number of nitro benzene ring substituents is 1. The summed E-state index contributed by atoms with van der Waals surface area (Å²) in [4.78, 5) is 27.3. The predicted molar refractivity (Wildman–Crippen MR) is 114 cm³/mol. The van der Waals surface area contributed by atoms with Gasteiger partial charge in [0, 0.05) is 23.0 Å². The zero-order valence-electron chi connectivity index (χ0n) is 15.2. The Bertz CT molecular complexity index is 1400. The quantitative estimate of drug-likeness (QED) is 0.214. The van der Waals surface area contributed by atoms with Crippen molar-refractivity contribution in [1.82, 2.24) is 4.98 Å². The van der Waals surface area contributed by atoms with Crippen molar-refractivity contribution >= 4 is 39.3 Å². The van der Waals surface area contributed by atoms with E-state index in [4.69, 9.17) is 4.42 Å². The summed E-state index contributed by atoms with van der Waals surface area (Å²) in [7, 11) is 0. The molecule has 8 nitrogen and oxygen atoms in total. The van der Waals surface area contributed by atoms with Crippen LogP contribution < -0.4 is 10.9 Å². The highest BCUT2D eigenvalue weighted by molar-refractivity contribution is 7.11. The minimum atomic E-state index is -0.522. The van der Waals surface area contributed by atoms with Crippen molar-refractivity contribution in [2.75, 3.05) is 5.32 Å². The summed E-state index contributed by atoms with van der Waals surface area (Å²) in [6.07, 6.45) is 1.35. The fraction of sp³-hybridized carbons (Fsp3) is 0. The lowest BCUT2D eigenvalue weighted by molar-refractivity contribution is -0.383. The molecular weight excluding hydrogens is 404 g/mol. The van der Waals surface area contributed by atoms with Crippen molar-refractivity contribution in [1.29, 1.82) is 5.26 Å². The first-order valence-electron chi connectivity index (χ1n) is 8.66. The summed E-state index contributed by atoms with van der Waals surface area (Å²) in [5, 5.41) is 26.2. The second kappa shape index (κ2) is 7.98. The number of aromatic nitrogens is 1. The molecule has 4 rings (SSSR count). The molecule has 0 aliphatic heterocycles.